The summed E-state index contributed by atoms with van der Waals surface area (Å²) in [6, 6.07) is 7.78. The number of likely N-dealkylation sites (tertiary alicyclic amines) is 1. The Kier molecular flexibility index (Phi) is 4.10. The second-order valence-corrected chi connectivity index (χ2v) is 6.73. The molecule has 1 aromatic carbocycles. The molecular formula is C18H22N6O. The highest BCUT2D eigenvalue weighted by molar-refractivity contribution is 5.87. The molecule has 0 saturated carbocycles. The number of nitrogen functional groups attached to an aromatic ring is 1. The topological polar surface area (TPSA) is 93.1 Å². The number of aromatic nitrogens is 4. The highest BCUT2D eigenvalue weighted by Crippen LogP contribution is 2.33. The molecular weight excluding hydrogens is 316 g/mol. The van der Waals surface area contributed by atoms with Crippen LogP contribution in [-0.4, -0.2) is 49.5 Å². The van der Waals surface area contributed by atoms with E-state index in [4.69, 9.17) is 5.73 Å². The Morgan fingerprint density at radius 1 is 1.24 bits per heavy atom. The third kappa shape index (κ3) is 3.08. The van der Waals surface area contributed by atoms with Crippen LogP contribution in [0.2, 0.25) is 0 Å². The molecule has 1 fully saturated rings. The van der Waals surface area contributed by atoms with E-state index in [1.54, 1.807) is 4.68 Å². The number of para-hydroxylation sites is 1. The fraction of sp³-hybridized carbons (Fsp3) is 0.389. The Labute approximate surface area is 146 Å². The Morgan fingerprint density at radius 2 is 2.08 bits per heavy atom. The molecule has 4 rings (SSSR count). The monoisotopic (exact) mass is 338 g/mol. The number of benzene rings is 1. The predicted molar refractivity (Wildman–Crippen MR) is 95.8 cm³/mol. The number of nitrogens with zero attached hydrogens (tertiary/aromatic N) is 5. The van der Waals surface area contributed by atoms with Crippen molar-refractivity contribution >= 4 is 16.7 Å². The summed E-state index contributed by atoms with van der Waals surface area (Å²) in [5.41, 5.74) is 8.12. The number of hydrogen-bond acceptors (Lipinski definition) is 6. The molecule has 3 aromatic rings. The molecule has 0 radical (unpaired) electrons. The lowest BCUT2D eigenvalue weighted by Gasteiger charge is -2.15. The average Bonchev–Trinajstić information content (AvgIpc) is 3.20. The number of fused-ring (bicyclic) bond motifs is 1. The highest BCUT2D eigenvalue weighted by Gasteiger charge is 2.34. The molecule has 1 saturated heterocycles. The van der Waals surface area contributed by atoms with Gasteiger partial charge in [0.15, 0.2) is 0 Å². The minimum atomic E-state index is 0.163. The number of aryl methyl sites for hydroxylation is 1. The maximum Gasteiger partial charge on any atom is 0.145 e. The van der Waals surface area contributed by atoms with Gasteiger partial charge in [-0.1, -0.05) is 12.1 Å². The smallest absolute Gasteiger partial charge is 0.145 e. The van der Waals surface area contributed by atoms with Crippen molar-refractivity contribution in [1.29, 1.82) is 0 Å². The minimum absolute atomic E-state index is 0.163. The van der Waals surface area contributed by atoms with Crippen LogP contribution in [0, 0.1) is 5.92 Å². The van der Waals surface area contributed by atoms with Crippen molar-refractivity contribution in [1.82, 2.24) is 24.6 Å². The summed E-state index contributed by atoms with van der Waals surface area (Å²) >= 11 is 0. The zero-order chi connectivity index (χ0) is 17.4. The lowest BCUT2D eigenvalue weighted by Crippen LogP contribution is -2.22. The van der Waals surface area contributed by atoms with Gasteiger partial charge in [0.2, 0.25) is 0 Å². The van der Waals surface area contributed by atoms with Gasteiger partial charge in [-0.25, -0.2) is 9.97 Å². The third-order valence-corrected chi connectivity index (χ3v) is 4.95. The van der Waals surface area contributed by atoms with Gasteiger partial charge < -0.3 is 10.8 Å². The molecule has 0 unspecified atom stereocenters. The molecule has 2 atom stereocenters. The lowest BCUT2D eigenvalue weighted by molar-refractivity contribution is 0.213. The summed E-state index contributed by atoms with van der Waals surface area (Å²) in [4.78, 5) is 11.4. The Bertz CT molecular complexity index is 892. The molecule has 2 aromatic heterocycles. The molecule has 0 bridgehead atoms. The van der Waals surface area contributed by atoms with Crippen molar-refractivity contribution in [3.63, 3.8) is 0 Å². The quantitative estimate of drug-likeness (QED) is 0.741. The Hall–Kier alpha value is -2.51. The SMILES string of the molecule is Cn1cc([C@@H]2CN(Cc3nc(N)c4ccccc4n3)C[C@H]2CO)cn1. The molecule has 7 heteroatoms. The van der Waals surface area contributed by atoms with Gasteiger partial charge in [-0.05, 0) is 17.7 Å². The summed E-state index contributed by atoms with van der Waals surface area (Å²) < 4.78 is 1.81. The molecule has 7 nitrogen and oxygen atoms in total. The number of rotatable bonds is 4. The van der Waals surface area contributed by atoms with Crippen LogP contribution in [0.25, 0.3) is 10.9 Å². The van der Waals surface area contributed by atoms with E-state index in [1.807, 2.05) is 43.7 Å². The molecule has 1 aliphatic rings. The molecule has 0 aliphatic carbocycles. The van der Waals surface area contributed by atoms with E-state index in [0.717, 1.165) is 29.8 Å². The first-order valence-electron chi connectivity index (χ1n) is 8.47. The van der Waals surface area contributed by atoms with Crippen LogP contribution in [0.1, 0.15) is 17.3 Å². The summed E-state index contributed by atoms with van der Waals surface area (Å²) in [5, 5.41) is 14.9. The summed E-state index contributed by atoms with van der Waals surface area (Å²) in [7, 11) is 1.91. The van der Waals surface area contributed by atoms with E-state index < -0.39 is 0 Å². The lowest BCUT2D eigenvalue weighted by atomic mass is 9.92. The van der Waals surface area contributed by atoms with Gasteiger partial charge in [-0.15, -0.1) is 0 Å². The molecule has 130 valence electrons. The van der Waals surface area contributed by atoms with E-state index in [0.29, 0.717) is 12.4 Å². The first kappa shape index (κ1) is 16.0. The van der Waals surface area contributed by atoms with Gasteiger partial charge in [-0.2, -0.15) is 5.10 Å². The summed E-state index contributed by atoms with van der Waals surface area (Å²) in [6.45, 7) is 2.46. The van der Waals surface area contributed by atoms with Crippen LogP contribution >= 0.6 is 0 Å². The Morgan fingerprint density at radius 3 is 2.84 bits per heavy atom. The van der Waals surface area contributed by atoms with Gasteiger partial charge in [-0.3, -0.25) is 9.58 Å². The van der Waals surface area contributed by atoms with E-state index in [9.17, 15) is 5.11 Å². The zero-order valence-electron chi connectivity index (χ0n) is 14.2. The van der Waals surface area contributed by atoms with Gasteiger partial charge in [0, 0.05) is 50.2 Å². The normalized spacial score (nSPS) is 21.2. The minimum Gasteiger partial charge on any atom is -0.396 e. The molecule has 1 aliphatic heterocycles. The fourth-order valence-corrected chi connectivity index (χ4v) is 3.71. The van der Waals surface area contributed by atoms with Crippen molar-refractivity contribution in [2.75, 3.05) is 25.4 Å². The van der Waals surface area contributed by atoms with E-state index in [2.05, 4.69) is 20.0 Å². The maximum absolute atomic E-state index is 9.77. The largest absolute Gasteiger partial charge is 0.396 e. The second kappa shape index (κ2) is 6.42. The van der Waals surface area contributed by atoms with Crippen LogP contribution in [0.5, 0.6) is 0 Å². The van der Waals surface area contributed by atoms with Crippen molar-refractivity contribution in [3.05, 3.63) is 48.0 Å². The van der Waals surface area contributed by atoms with Crippen LogP contribution in [0.15, 0.2) is 36.7 Å². The Balaban J connectivity index is 1.55. The first-order chi connectivity index (χ1) is 12.1. The number of aliphatic hydroxyl groups is 1. The van der Waals surface area contributed by atoms with Crippen LogP contribution in [0.4, 0.5) is 5.82 Å². The van der Waals surface area contributed by atoms with Crippen molar-refractivity contribution < 1.29 is 5.11 Å². The molecule has 3 heterocycles. The molecule has 3 N–H and O–H groups in total. The van der Waals surface area contributed by atoms with Crippen molar-refractivity contribution in [2.45, 2.75) is 12.5 Å². The van der Waals surface area contributed by atoms with Crippen LogP contribution < -0.4 is 5.73 Å². The summed E-state index contributed by atoms with van der Waals surface area (Å²) in [5.74, 6) is 1.71. The van der Waals surface area contributed by atoms with Gasteiger partial charge in [0.1, 0.15) is 11.6 Å². The fourth-order valence-electron chi connectivity index (χ4n) is 3.71. The first-order valence-corrected chi connectivity index (χ1v) is 8.47. The van der Waals surface area contributed by atoms with Gasteiger partial charge >= 0.3 is 0 Å². The molecule has 0 amide bonds. The standard InChI is InChI=1S/C18H22N6O/c1-23-7-12(6-20-23)15-9-24(8-13(15)11-25)10-17-21-16-5-3-2-4-14(16)18(19)22-17/h2-7,13,15,25H,8-11H2,1H3,(H2,19,21,22)/t13-,15-/m0/s1. The van der Waals surface area contributed by atoms with E-state index in [-0.39, 0.29) is 18.4 Å². The summed E-state index contributed by atoms with van der Waals surface area (Å²) in [6.07, 6.45) is 3.92. The number of hydrogen-bond donors (Lipinski definition) is 2. The molecule has 0 spiro atoms. The third-order valence-electron chi connectivity index (χ3n) is 4.95. The number of aliphatic hydroxyl groups excluding tert-OH is 1. The zero-order valence-corrected chi connectivity index (χ0v) is 14.2. The van der Waals surface area contributed by atoms with Crippen LogP contribution in [-0.2, 0) is 13.6 Å². The highest BCUT2D eigenvalue weighted by atomic mass is 16.3. The average molecular weight is 338 g/mol. The number of nitrogens with two attached hydrogens (primary N) is 1. The van der Waals surface area contributed by atoms with Crippen molar-refractivity contribution in [2.24, 2.45) is 13.0 Å². The molecule has 25 heavy (non-hydrogen) atoms. The van der Waals surface area contributed by atoms with Gasteiger partial charge in [0.05, 0.1) is 18.3 Å². The number of anilines is 1. The van der Waals surface area contributed by atoms with Gasteiger partial charge in [0.25, 0.3) is 0 Å². The maximum atomic E-state index is 9.77. The van der Waals surface area contributed by atoms with E-state index >= 15 is 0 Å². The second-order valence-electron chi connectivity index (χ2n) is 6.73. The van der Waals surface area contributed by atoms with E-state index in [1.165, 1.54) is 5.56 Å². The predicted octanol–water partition coefficient (Wildman–Crippen LogP) is 1.15. The van der Waals surface area contributed by atoms with Crippen LogP contribution in [0.3, 0.4) is 0 Å². The van der Waals surface area contributed by atoms with Crippen molar-refractivity contribution in [3.8, 4) is 0 Å².